The van der Waals surface area contributed by atoms with Crippen molar-refractivity contribution in [1.29, 1.82) is 0 Å². The third-order valence-corrected chi connectivity index (χ3v) is 3.67. The van der Waals surface area contributed by atoms with Crippen LogP contribution in [0, 0.1) is 5.92 Å². The van der Waals surface area contributed by atoms with Gasteiger partial charge in [0.2, 0.25) is 5.91 Å². The first-order valence-electron chi connectivity index (χ1n) is 6.83. The van der Waals surface area contributed by atoms with Crippen LogP contribution in [0.1, 0.15) is 17.5 Å². The molecule has 0 bridgehead atoms. The maximum absolute atomic E-state index is 12.6. The molecule has 1 aromatic carbocycles. The second-order valence-electron chi connectivity index (χ2n) is 5.21. The minimum absolute atomic E-state index is 0.0925. The summed E-state index contributed by atoms with van der Waals surface area (Å²) in [5.74, 6) is -1.10. The van der Waals surface area contributed by atoms with Gasteiger partial charge in [0.25, 0.3) is 0 Å². The number of halogens is 3. The fraction of sp³-hybridized carbons (Fsp3) is 0.467. The van der Waals surface area contributed by atoms with Gasteiger partial charge in [-0.25, -0.2) is 0 Å². The Morgan fingerprint density at radius 3 is 2.77 bits per heavy atom. The van der Waals surface area contributed by atoms with E-state index in [9.17, 15) is 22.8 Å². The number of ether oxygens (including phenoxy) is 1. The van der Waals surface area contributed by atoms with Gasteiger partial charge < -0.3 is 9.64 Å². The van der Waals surface area contributed by atoms with Gasteiger partial charge in [-0.3, -0.25) is 9.59 Å². The number of rotatable bonds is 4. The Labute approximate surface area is 125 Å². The first-order chi connectivity index (χ1) is 10.3. The second-order valence-corrected chi connectivity index (χ2v) is 5.21. The highest BCUT2D eigenvalue weighted by Gasteiger charge is 2.35. The largest absolute Gasteiger partial charge is 0.469 e. The van der Waals surface area contributed by atoms with Gasteiger partial charge >= 0.3 is 12.1 Å². The van der Waals surface area contributed by atoms with Crippen LogP contribution in [-0.2, 0) is 26.9 Å². The molecule has 1 saturated heterocycles. The standard InChI is InChI=1S/C15H16F3NO3/c1-22-14(21)11-8-13(20)19(9-11)6-5-10-3-2-4-12(7-10)15(16,17)18/h2-4,7,11H,5-6,8-9H2,1H3. The van der Waals surface area contributed by atoms with Crippen LogP contribution >= 0.6 is 0 Å². The van der Waals surface area contributed by atoms with Gasteiger partial charge in [0.1, 0.15) is 0 Å². The van der Waals surface area contributed by atoms with E-state index in [1.165, 1.54) is 18.1 Å². The molecule has 22 heavy (non-hydrogen) atoms. The smallest absolute Gasteiger partial charge is 0.416 e. The van der Waals surface area contributed by atoms with Crippen LogP contribution in [0.5, 0.6) is 0 Å². The number of carbonyl (C=O) groups is 2. The maximum atomic E-state index is 12.6. The van der Waals surface area contributed by atoms with E-state index < -0.39 is 23.6 Å². The average Bonchev–Trinajstić information content (AvgIpc) is 2.85. The Kier molecular flexibility index (Phi) is 4.73. The number of esters is 1. The molecule has 1 aromatic rings. The van der Waals surface area contributed by atoms with Crippen molar-refractivity contribution in [3.8, 4) is 0 Å². The fourth-order valence-electron chi connectivity index (χ4n) is 2.48. The number of alkyl halides is 3. The van der Waals surface area contributed by atoms with Crippen molar-refractivity contribution < 1.29 is 27.5 Å². The van der Waals surface area contributed by atoms with Crippen LogP contribution in [0.15, 0.2) is 24.3 Å². The van der Waals surface area contributed by atoms with Crippen LogP contribution < -0.4 is 0 Å². The summed E-state index contributed by atoms with van der Waals surface area (Å²) in [6.45, 7) is 0.540. The second kappa shape index (κ2) is 6.37. The van der Waals surface area contributed by atoms with Gasteiger partial charge in [-0.15, -0.1) is 0 Å². The topological polar surface area (TPSA) is 46.6 Å². The molecule has 1 atom stereocenters. The molecule has 0 radical (unpaired) electrons. The van der Waals surface area contributed by atoms with E-state index in [1.807, 2.05) is 0 Å². The average molecular weight is 315 g/mol. The van der Waals surface area contributed by atoms with E-state index in [0.29, 0.717) is 12.0 Å². The lowest BCUT2D eigenvalue weighted by Crippen LogP contribution is -2.28. The van der Waals surface area contributed by atoms with E-state index >= 15 is 0 Å². The van der Waals surface area contributed by atoms with Gasteiger partial charge in [-0.2, -0.15) is 13.2 Å². The molecular formula is C15H16F3NO3. The van der Waals surface area contributed by atoms with Crippen LogP contribution in [0.3, 0.4) is 0 Å². The van der Waals surface area contributed by atoms with E-state index in [-0.39, 0.29) is 25.4 Å². The number of carbonyl (C=O) groups excluding carboxylic acids is 2. The Balaban J connectivity index is 1.96. The molecule has 0 saturated carbocycles. The summed E-state index contributed by atoms with van der Waals surface area (Å²) in [5.41, 5.74) is -0.200. The number of benzene rings is 1. The molecule has 1 unspecified atom stereocenters. The quantitative estimate of drug-likeness (QED) is 0.801. The first kappa shape index (κ1) is 16.3. The number of amides is 1. The predicted molar refractivity (Wildman–Crippen MR) is 71.9 cm³/mol. The van der Waals surface area contributed by atoms with Crippen molar-refractivity contribution in [2.45, 2.75) is 19.0 Å². The summed E-state index contributed by atoms with van der Waals surface area (Å²) in [4.78, 5) is 24.7. The lowest BCUT2D eigenvalue weighted by atomic mass is 10.1. The molecule has 0 aliphatic carbocycles. The third kappa shape index (κ3) is 3.78. The van der Waals surface area contributed by atoms with Crippen molar-refractivity contribution in [3.05, 3.63) is 35.4 Å². The van der Waals surface area contributed by atoms with E-state index in [4.69, 9.17) is 0 Å². The number of hydrogen-bond donors (Lipinski definition) is 0. The van der Waals surface area contributed by atoms with Crippen molar-refractivity contribution >= 4 is 11.9 Å². The molecule has 1 aliphatic rings. The predicted octanol–water partition coefficient (Wildman–Crippen LogP) is 2.27. The molecule has 120 valence electrons. The molecule has 0 aromatic heterocycles. The van der Waals surface area contributed by atoms with Crippen molar-refractivity contribution in [2.24, 2.45) is 5.92 Å². The highest BCUT2D eigenvalue weighted by Crippen LogP contribution is 2.29. The van der Waals surface area contributed by atoms with E-state index in [1.54, 1.807) is 6.07 Å². The minimum atomic E-state index is -4.38. The van der Waals surface area contributed by atoms with Gasteiger partial charge in [0.15, 0.2) is 0 Å². The summed E-state index contributed by atoms with van der Waals surface area (Å²) in [6, 6.07) is 5.03. The van der Waals surface area contributed by atoms with Gasteiger partial charge in [-0.05, 0) is 18.1 Å². The Bertz CT molecular complexity index is 571. The SMILES string of the molecule is COC(=O)C1CC(=O)N(CCc2cccc(C(F)(F)F)c2)C1. The molecule has 0 spiro atoms. The molecule has 1 amide bonds. The van der Waals surface area contributed by atoms with Crippen molar-refractivity contribution in [2.75, 3.05) is 20.2 Å². The normalized spacial score (nSPS) is 18.6. The van der Waals surface area contributed by atoms with Crippen LogP contribution in [-0.4, -0.2) is 37.0 Å². The zero-order valence-electron chi connectivity index (χ0n) is 12.0. The summed E-state index contributed by atoms with van der Waals surface area (Å²) in [5, 5.41) is 0. The number of methoxy groups -OCH3 is 1. The number of nitrogens with zero attached hydrogens (tertiary/aromatic N) is 1. The van der Waals surface area contributed by atoms with Crippen LogP contribution in [0.4, 0.5) is 13.2 Å². The summed E-state index contributed by atoms with van der Waals surface area (Å²) in [6.07, 6.45) is -3.98. The van der Waals surface area contributed by atoms with Crippen LogP contribution in [0.2, 0.25) is 0 Å². The molecule has 1 aliphatic heterocycles. The molecule has 1 fully saturated rings. The Hall–Kier alpha value is -2.05. The summed E-state index contributed by atoms with van der Waals surface area (Å²) >= 11 is 0. The minimum Gasteiger partial charge on any atom is -0.469 e. The molecule has 2 rings (SSSR count). The highest BCUT2D eigenvalue weighted by atomic mass is 19.4. The van der Waals surface area contributed by atoms with Crippen molar-refractivity contribution in [3.63, 3.8) is 0 Å². The monoisotopic (exact) mass is 315 g/mol. The van der Waals surface area contributed by atoms with Crippen LogP contribution in [0.25, 0.3) is 0 Å². The third-order valence-electron chi connectivity index (χ3n) is 3.67. The molecule has 1 heterocycles. The lowest BCUT2D eigenvalue weighted by molar-refractivity contribution is -0.145. The zero-order chi connectivity index (χ0) is 16.3. The van der Waals surface area contributed by atoms with Gasteiger partial charge in [-0.1, -0.05) is 18.2 Å². The molecule has 4 nitrogen and oxygen atoms in total. The zero-order valence-corrected chi connectivity index (χ0v) is 12.0. The summed E-state index contributed by atoms with van der Waals surface area (Å²) < 4.78 is 42.5. The number of likely N-dealkylation sites (tertiary alicyclic amines) is 1. The molecule has 7 heteroatoms. The van der Waals surface area contributed by atoms with E-state index in [0.717, 1.165) is 12.1 Å². The maximum Gasteiger partial charge on any atom is 0.416 e. The van der Waals surface area contributed by atoms with Crippen molar-refractivity contribution in [1.82, 2.24) is 4.90 Å². The number of hydrogen-bond acceptors (Lipinski definition) is 3. The van der Waals surface area contributed by atoms with E-state index in [2.05, 4.69) is 4.74 Å². The lowest BCUT2D eigenvalue weighted by Gasteiger charge is -2.16. The van der Waals surface area contributed by atoms with Gasteiger partial charge in [0.05, 0.1) is 18.6 Å². The Morgan fingerprint density at radius 2 is 2.14 bits per heavy atom. The first-order valence-corrected chi connectivity index (χ1v) is 6.83. The highest BCUT2D eigenvalue weighted by molar-refractivity contribution is 5.86. The fourth-order valence-corrected chi connectivity index (χ4v) is 2.48. The molecular weight excluding hydrogens is 299 g/mol. The summed E-state index contributed by atoms with van der Waals surface area (Å²) in [7, 11) is 1.26. The Morgan fingerprint density at radius 1 is 1.41 bits per heavy atom. The molecule has 0 N–H and O–H groups in total. The van der Waals surface area contributed by atoms with Gasteiger partial charge in [0, 0.05) is 19.5 Å².